The molecule has 4 rings (SSSR count). The van der Waals surface area contributed by atoms with E-state index in [1.165, 1.54) is 12.1 Å². The second-order valence-corrected chi connectivity index (χ2v) is 7.92. The summed E-state index contributed by atoms with van der Waals surface area (Å²) in [5.74, 6) is -0.191. The fourth-order valence-corrected chi connectivity index (χ4v) is 3.97. The minimum Gasteiger partial charge on any atom is -0.479 e. The number of hydrogen-bond donors (Lipinski definition) is 2. The zero-order valence-corrected chi connectivity index (χ0v) is 17.1. The Morgan fingerprint density at radius 2 is 1.90 bits per heavy atom. The molecule has 10 heteroatoms. The SMILES string of the molecule is Cc1nc(-c2ccc(C(F)(F)F)cc2)sc1C(=O)Nc1ccc2c(c1)NC(=O)[C@H](C)O2. The summed E-state index contributed by atoms with van der Waals surface area (Å²) >= 11 is 1.08. The van der Waals surface area contributed by atoms with Crippen LogP contribution >= 0.6 is 11.3 Å². The van der Waals surface area contributed by atoms with Crippen LogP contribution in [0.25, 0.3) is 10.6 Å². The Hall–Kier alpha value is -3.40. The summed E-state index contributed by atoms with van der Waals surface area (Å²) < 4.78 is 43.7. The number of hydrogen-bond acceptors (Lipinski definition) is 5. The highest BCUT2D eigenvalue weighted by Crippen LogP contribution is 2.34. The quantitative estimate of drug-likeness (QED) is 0.585. The van der Waals surface area contributed by atoms with Crippen molar-refractivity contribution in [2.45, 2.75) is 26.1 Å². The van der Waals surface area contributed by atoms with Gasteiger partial charge in [-0.3, -0.25) is 9.59 Å². The van der Waals surface area contributed by atoms with Crippen molar-refractivity contribution in [1.82, 2.24) is 4.98 Å². The van der Waals surface area contributed by atoms with Crippen LogP contribution in [0.4, 0.5) is 24.5 Å². The van der Waals surface area contributed by atoms with Crippen molar-refractivity contribution in [2.24, 2.45) is 0 Å². The Morgan fingerprint density at radius 3 is 2.58 bits per heavy atom. The van der Waals surface area contributed by atoms with E-state index in [2.05, 4.69) is 15.6 Å². The van der Waals surface area contributed by atoms with Crippen molar-refractivity contribution in [3.63, 3.8) is 0 Å². The average Bonchev–Trinajstić information content (AvgIpc) is 3.10. The summed E-state index contributed by atoms with van der Waals surface area (Å²) in [6.45, 7) is 3.29. The lowest BCUT2D eigenvalue weighted by molar-refractivity contribution is -0.137. The summed E-state index contributed by atoms with van der Waals surface area (Å²) in [6.07, 6.45) is -5.02. The monoisotopic (exact) mass is 447 g/mol. The number of thiazole rings is 1. The summed E-state index contributed by atoms with van der Waals surface area (Å²) in [5.41, 5.74) is 1.10. The number of carbonyl (C=O) groups is 2. The molecule has 2 heterocycles. The fraction of sp³-hybridized carbons (Fsp3) is 0.190. The number of carbonyl (C=O) groups excluding carboxylic acids is 2. The topological polar surface area (TPSA) is 80.3 Å². The molecule has 6 nitrogen and oxygen atoms in total. The molecule has 0 bridgehead atoms. The summed E-state index contributed by atoms with van der Waals surface area (Å²) in [7, 11) is 0. The van der Waals surface area contributed by atoms with E-state index in [0.717, 1.165) is 23.5 Å². The van der Waals surface area contributed by atoms with E-state index in [1.54, 1.807) is 32.0 Å². The smallest absolute Gasteiger partial charge is 0.416 e. The fourth-order valence-electron chi connectivity index (χ4n) is 3.01. The summed E-state index contributed by atoms with van der Waals surface area (Å²) in [4.78, 5) is 29.2. The van der Waals surface area contributed by atoms with Crippen LogP contribution in [0.1, 0.15) is 27.9 Å². The maximum atomic E-state index is 12.8. The molecule has 2 aromatic carbocycles. The summed E-state index contributed by atoms with van der Waals surface area (Å²) in [5, 5.41) is 5.90. The van der Waals surface area contributed by atoms with Gasteiger partial charge in [0.05, 0.1) is 16.9 Å². The van der Waals surface area contributed by atoms with Gasteiger partial charge in [0.25, 0.3) is 11.8 Å². The molecule has 1 atom stereocenters. The highest BCUT2D eigenvalue weighted by atomic mass is 32.1. The van der Waals surface area contributed by atoms with Crippen molar-refractivity contribution in [2.75, 3.05) is 10.6 Å². The maximum Gasteiger partial charge on any atom is 0.416 e. The first-order chi connectivity index (χ1) is 14.6. The van der Waals surface area contributed by atoms with Gasteiger partial charge in [-0.15, -0.1) is 11.3 Å². The van der Waals surface area contributed by atoms with E-state index in [4.69, 9.17) is 4.74 Å². The lowest BCUT2D eigenvalue weighted by Crippen LogP contribution is -2.34. The molecule has 0 spiro atoms. The van der Waals surface area contributed by atoms with Gasteiger partial charge >= 0.3 is 6.18 Å². The Labute approximate surface area is 179 Å². The molecule has 1 aliphatic heterocycles. The number of rotatable bonds is 3. The van der Waals surface area contributed by atoms with E-state index >= 15 is 0 Å². The van der Waals surface area contributed by atoms with Gasteiger partial charge in [-0.1, -0.05) is 12.1 Å². The number of aromatic nitrogens is 1. The molecule has 2 N–H and O–H groups in total. The van der Waals surface area contributed by atoms with Crippen molar-refractivity contribution in [3.8, 4) is 16.3 Å². The van der Waals surface area contributed by atoms with E-state index < -0.39 is 23.8 Å². The minimum atomic E-state index is -4.42. The average molecular weight is 447 g/mol. The standard InChI is InChI=1S/C21H16F3N3O3S/c1-10-17(31-20(25-10)12-3-5-13(6-4-12)21(22,23)24)19(29)26-14-7-8-16-15(9-14)27-18(28)11(2)30-16/h3-9,11H,1-2H3,(H,26,29)(H,27,28)/t11-/m0/s1. The molecule has 160 valence electrons. The van der Waals surface area contributed by atoms with Gasteiger partial charge < -0.3 is 15.4 Å². The minimum absolute atomic E-state index is 0.282. The molecule has 2 amide bonds. The molecule has 0 unspecified atom stereocenters. The molecule has 0 fully saturated rings. The number of amides is 2. The molecule has 0 saturated carbocycles. The number of benzene rings is 2. The molecule has 1 aliphatic rings. The second kappa shape index (κ2) is 7.69. The Morgan fingerprint density at radius 1 is 1.19 bits per heavy atom. The highest BCUT2D eigenvalue weighted by molar-refractivity contribution is 7.17. The first kappa shape index (κ1) is 20.9. The molecule has 1 aromatic heterocycles. The van der Waals surface area contributed by atoms with E-state index in [-0.39, 0.29) is 5.91 Å². The largest absolute Gasteiger partial charge is 0.479 e. The third-order valence-corrected chi connectivity index (χ3v) is 5.84. The highest BCUT2D eigenvalue weighted by Gasteiger charge is 2.30. The van der Waals surface area contributed by atoms with E-state index in [9.17, 15) is 22.8 Å². The predicted octanol–water partition coefficient (Wildman–Crippen LogP) is 5.11. The Kier molecular flexibility index (Phi) is 5.18. The van der Waals surface area contributed by atoms with Gasteiger partial charge in [0.2, 0.25) is 0 Å². The third kappa shape index (κ3) is 4.24. The predicted molar refractivity (Wildman–Crippen MR) is 110 cm³/mol. The lowest BCUT2D eigenvalue weighted by Gasteiger charge is -2.23. The normalized spacial score (nSPS) is 15.6. The van der Waals surface area contributed by atoms with Crippen LogP contribution in [0.2, 0.25) is 0 Å². The van der Waals surface area contributed by atoms with Gasteiger partial charge in [0.15, 0.2) is 6.10 Å². The molecular weight excluding hydrogens is 431 g/mol. The van der Waals surface area contributed by atoms with Gasteiger partial charge in [-0.2, -0.15) is 13.2 Å². The van der Waals surface area contributed by atoms with Gasteiger partial charge in [-0.25, -0.2) is 4.98 Å². The van der Waals surface area contributed by atoms with E-state index in [1.807, 2.05) is 0 Å². The first-order valence-electron chi connectivity index (χ1n) is 9.20. The molecular formula is C21H16F3N3O3S. The molecule has 31 heavy (non-hydrogen) atoms. The molecule has 0 radical (unpaired) electrons. The first-order valence-corrected chi connectivity index (χ1v) is 10.0. The lowest BCUT2D eigenvalue weighted by atomic mass is 10.1. The van der Waals surface area contributed by atoms with Gasteiger partial charge in [0.1, 0.15) is 15.6 Å². The number of fused-ring (bicyclic) bond motifs is 1. The number of alkyl halides is 3. The van der Waals surface area contributed by atoms with Crippen LogP contribution in [-0.4, -0.2) is 22.9 Å². The number of nitrogens with one attached hydrogen (secondary N) is 2. The number of halogens is 3. The summed E-state index contributed by atoms with van der Waals surface area (Å²) in [6, 6.07) is 9.50. The number of aryl methyl sites for hydroxylation is 1. The molecule has 0 saturated heterocycles. The van der Waals surface area contributed by atoms with Crippen LogP contribution in [0.5, 0.6) is 5.75 Å². The Bertz CT molecular complexity index is 1170. The van der Waals surface area contributed by atoms with Crippen LogP contribution < -0.4 is 15.4 Å². The van der Waals surface area contributed by atoms with Crippen molar-refractivity contribution in [3.05, 3.63) is 58.6 Å². The van der Waals surface area contributed by atoms with Crippen molar-refractivity contribution >= 4 is 34.5 Å². The Balaban J connectivity index is 1.53. The van der Waals surface area contributed by atoms with Gasteiger partial charge in [0, 0.05) is 11.3 Å². The van der Waals surface area contributed by atoms with Gasteiger partial charge in [-0.05, 0) is 44.2 Å². The molecule has 3 aromatic rings. The van der Waals surface area contributed by atoms with Crippen LogP contribution in [0.15, 0.2) is 42.5 Å². The zero-order valence-electron chi connectivity index (χ0n) is 16.3. The zero-order chi connectivity index (χ0) is 22.3. The maximum absolute atomic E-state index is 12.8. The van der Waals surface area contributed by atoms with Crippen LogP contribution in [0.3, 0.4) is 0 Å². The van der Waals surface area contributed by atoms with Crippen LogP contribution in [-0.2, 0) is 11.0 Å². The van der Waals surface area contributed by atoms with E-state index in [0.29, 0.717) is 38.3 Å². The number of nitrogens with zero attached hydrogens (tertiary/aromatic N) is 1. The number of ether oxygens (including phenoxy) is 1. The second-order valence-electron chi connectivity index (χ2n) is 6.92. The number of anilines is 2. The van der Waals surface area contributed by atoms with Crippen molar-refractivity contribution in [1.29, 1.82) is 0 Å². The van der Waals surface area contributed by atoms with Crippen molar-refractivity contribution < 1.29 is 27.5 Å². The van der Waals surface area contributed by atoms with Crippen LogP contribution in [0, 0.1) is 6.92 Å². The third-order valence-electron chi connectivity index (χ3n) is 4.63. The molecule has 0 aliphatic carbocycles.